The van der Waals surface area contributed by atoms with Crippen molar-refractivity contribution in [2.45, 2.75) is 156 Å². The number of ether oxygens (including phenoxy) is 2. The van der Waals surface area contributed by atoms with Crippen LogP contribution in [0.25, 0.3) is 0 Å². The van der Waals surface area contributed by atoms with Gasteiger partial charge in [-0.2, -0.15) is 0 Å². The van der Waals surface area contributed by atoms with E-state index in [-0.39, 0.29) is 0 Å². The molecule has 0 saturated heterocycles. The Morgan fingerprint density at radius 3 is 0.826 bits per heavy atom. The van der Waals surface area contributed by atoms with E-state index in [1.54, 1.807) is 0 Å². The first-order chi connectivity index (χ1) is 20.2. The van der Waals surface area contributed by atoms with Crippen molar-refractivity contribution in [1.29, 1.82) is 0 Å². The quantitative estimate of drug-likeness (QED) is 0.0680. The van der Waals surface area contributed by atoms with E-state index in [0.717, 1.165) is 12.2 Å². The third-order valence-corrected chi connectivity index (χ3v) is 33.1. The second-order valence-corrected chi connectivity index (χ2v) is 49.9. The lowest BCUT2D eigenvalue weighted by Gasteiger charge is -2.43. The fourth-order valence-corrected chi connectivity index (χ4v) is 37.9. The van der Waals surface area contributed by atoms with E-state index in [9.17, 15) is 9.59 Å². The highest BCUT2D eigenvalue weighted by molar-refractivity contribution is 6.91. The van der Waals surface area contributed by atoms with Crippen molar-refractivity contribution in [3.05, 3.63) is 12.2 Å². The summed E-state index contributed by atoms with van der Waals surface area (Å²) in [5.41, 5.74) is -0.932. The Balaban J connectivity index is 5.77. The van der Waals surface area contributed by atoms with Gasteiger partial charge in [-0.3, -0.25) is 0 Å². The molecular weight excluding hydrogens is 721 g/mol. The van der Waals surface area contributed by atoms with Crippen LogP contribution in [0.15, 0.2) is 12.2 Å². The lowest BCUT2D eigenvalue weighted by molar-refractivity contribution is -0.143. The standard InChI is InChI=1S/C28H68O10Si8/c1-21-27(43(15,16)37-45(19,33-39(3,4)5)34-40(6,7)8)31-25(29)23-24-26(30)32-28(22-2)44(17,18)38-46(20,35-41(9,10)11)36-42(12,13)14/h23-24,27-28H,21-22H2,1-20H3/b24-23+. The maximum absolute atomic E-state index is 13.0. The summed E-state index contributed by atoms with van der Waals surface area (Å²) in [5, 5.41) is 0. The summed E-state index contributed by atoms with van der Waals surface area (Å²) in [6.07, 6.45) is 3.38. The lowest BCUT2D eigenvalue weighted by atomic mass is 10.4. The molecular formula is C28H68O10Si8. The van der Waals surface area contributed by atoms with Crippen LogP contribution in [-0.2, 0) is 43.8 Å². The van der Waals surface area contributed by atoms with Crippen molar-refractivity contribution in [3.63, 3.8) is 0 Å². The Bertz CT molecular complexity index is 915. The van der Waals surface area contributed by atoms with Crippen LogP contribution in [0.3, 0.4) is 0 Å². The summed E-state index contributed by atoms with van der Waals surface area (Å²) < 4.78 is 51.4. The average molecular weight is 790 g/mol. The molecule has 0 rings (SSSR count). The molecule has 0 amide bonds. The van der Waals surface area contributed by atoms with Crippen LogP contribution >= 0.6 is 0 Å². The van der Waals surface area contributed by atoms with Crippen molar-refractivity contribution in [2.75, 3.05) is 0 Å². The van der Waals surface area contributed by atoms with Gasteiger partial charge >= 0.3 is 29.5 Å². The Hall–Kier alpha value is 0.175. The summed E-state index contributed by atoms with van der Waals surface area (Å²) in [4.78, 5) is 25.9. The number of carbonyl (C=O) groups excluding carboxylic acids is 2. The topological polar surface area (TPSA) is 108 Å². The predicted molar refractivity (Wildman–Crippen MR) is 208 cm³/mol. The molecule has 0 aliphatic carbocycles. The molecule has 272 valence electrons. The van der Waals surface area contributed by atoms with Crippen molar-refractivity contribution < 1.29 is 43.8 Å². The molecule has 0 aromatic carbocycles. The van der Waals surface area contributed by atoms with Crippen LogP contribution in [-0.4, -0.2) is 90.9 Å². The molecule has 0 saturated carbocycles. The molecule has 0 bridgehead atoms. The highest BCUT2D eigenvalue weighted by Crippen LogP contribution is 2.30. The molecule has 2 atom stereocenters. The van der Waals surface area contributed by atoms with Gasteiger partial charge in [0.1, 0.15) is 11.5 Å². The van der Waals surface area contributed by atoms with Gasteiger partial charge in [0.2, 0.25) is 16.6 Å². The fraction of sp³-hybridized carbons (Fsp3) is 0.857. The molecule has 0 fully saturated rings. The Morgan fingerprint density at radius 1 is 0.435 bits per heavy atom. The first-order valence-corrected chi connectivity index (χ1v) is 40.5. The van der Waals surface area contributed by atoms with E-state index in [4.69, 9.17) is 34.2 Å². The van der Waals surface area contributed by atoms with Crippen LogP contribution in [0.2, 0.25) is 118 Å². The maximum Gasteiger partial charge on any atom is 0.466 e. The molecule has 0 aromatic rings. The zero-order valence-corrected chi connectivity index (χ0v) is 40.8. The minimum absolute atomic E-state index is 0.466. The van der Waals surface area contributed by atoms with E-state index < -0.39 is 90.9 Å². The van der Waals surface area contributed by atoms with Crippen LogP contribution in [0, 0.1) is 0 Å². The molecule has 2 unspecified atom stereocenters. The average Bonchev–Trinajstić information content (AvgIpc) is 2.72. The van der Waals surface area contributed by atoms with Gasteiger partial charge in [0, 0.05) is 25.2 Å². The summed E-state index contributed by atoms with van der Waals surface area (Å²) in [7, 11) is -19.3. The highest BCUT2D eigenvalue weighted by atomic mass is 28.5. The molecule has 0 aliphatic heterocycles. The van der Waals surface area contributed by atoms with E-state index in [2.05, 4.69) is 78.6 Å². The Morgan fingerprint density at radius 2 is 0.652 bits per heavy atom. The second-order valence-electron chi connectivity index (χ2n) is 17.0. The number of carbonyl (C=O) groups is 2. The number of hydrogen-bond acceptors (Lipinski definition) is 10. The van der Waals surface area contributed by atoms with Crippen molar-refractivity contribution in [3.8, 4) is 0 Å². The van der Waals surface area contributed by atoms with E-state index in [1.165, 1.54) is 0 Å². The van der Waals surface area contributed by atoms with Crippen LogP contribution < -0.4 is 0 Å². The zero-order valence-electron chi connectivity index (χ0n) is 32.8. The summed E-state index contributed by atoms with van der Waals surface area (Å²) >= 11 is 0. The minimum atomic E-state index is -3.02. The SMILES string of the molecule is CCC(OC(=O)/C=C/C(=O)OC(CC)[Si](C)(C)O[Si](C)(O[Si](C)(C)C)O[Si](C)(C)C)[Si](C)(C)O[Si](C)(O[Si](C)(C)C)O[Si](C)(C)C. The molecule has 0 heterocycles. The van der Waals surface area contributed by atoms with Gasteiger partial charge < -0.3 is 34.2 Å². The molecule has 0 aliphatic rings. The molecule has 0 aromatic heterocycles. The minimum Gasteiger partial charge on any atom is -0.460 e. The molecule has 0 spiro atoms. The first-order valence-electron chi connectivity index (χ1n) is 16.5. The van der Waals surface area contributed by atoms with Crippen molar-refractivity contribution >= 4 is 79.5 Å². The van der Waals surface area contributed by atoms with Crippen molar-refractivity contribution in [2.24, 2.45) is 0 Å². The maximum atomic E-state index is 13.0. The second kappa shape index (κ2) is 16.9. The third-order valence-electron chi connectivity index (χ3n) is 6.03. The fourth-order valence-electron chi connectivity index (χ4n) is 5.37. The normalized spacial score (nSPS) is 16.0. The van der Waals surface area contributed by atoms with Gasteiger partial charge in [-0.1, -0.05) is 13.8 Å². The zero-order chi connectivity index (χ0) is 36.8. The van der Waals surface area contributed by atoms with Gasteiger partial charge in [0.15, 0.2) is 33.3 Å². The van der Waals surface area contributed by atoms with Gasteiger partial charge in [-0.05, 0) is 118 Å². The molecule has 18 heteroatoms. The number of hydrogen-bond donors (Lipinski definition) is 0. The summed E-state index contributed by atoms with van der Waals surface area (Å²) in [6, 6.07) is 0. The van der Waals surface area contributed by atoms with E-state index >= 15 is 0 Å². The summed E-state index contributed by atoms with van der Waals surface area (Å²) in [6.45, 7) is 41.3. The molecule has 0 radical (unpaired) electrons. The Labute approximate surface area is 290 Å². The van der Waals surface area contributed by atoms with E-state index in [1.807, 2.05) is 53.1 Å². The van der Waals surface area contributed by atoms with Crippen molar-refractivity contribution in [1.82, 2.24) is 0 Å². The largest absolute Gasteiger partial charge is 0.466 e. The smallest absolute Gasteiger partial charge is 0.460 e. The highest BCUT2D eigenvalue weighted by Gasteiger charge is 2.51. The molecule has 0 N–H and O–H groups in total. The number of esters is 2. The van der Waals surface area contributed by atoms with Crippen LogP contribution in [0.4, 0.5) is 0 Å². The van der Waals surface area contributed by atoms with Gasteiger partial charge in [0.25, 0.3) is 0 Å². The summed E-state index contributed by atoms with van der Waals surface area (Å²) in [5.74, 6) is -1.25. The third kappa shape index (κ3) is 19.4. The van der Waals surface area contributed by atoms with Gasteiger partial charge in [0.05, 0.1) is 0 Å². The molecule has 10 nitrogen and oxygen atoms in total. The predicted octanol–water partition coefficient (Wildman–Crippen LogP) is 8.25. The van der Waals surface area contributed by atoms with Crippen LogP contribution in [0.5, 0.6) is 0 Å². The van der Waals surface area contributed by atoms with Gasteiger partial charge in [-0.15, -0.1) is 0 Å². The first kappa shape index (κ1) is 46.2. The lowest BCUT2D eigenvalue weighted by Crippen LogP contribution is -2.62. The van der Waals surface area contributed by atoms with E-state index in [0.29, 0.717) is 12.8 Å². The van der Waals surface area contributed by atoms with Gasteiger partial charge in [-0.25, -0.2) is 9.59 Å². The molecule has 46 heavy (non-hydrogen) atoms. The Kier molecular flexibility index (Phi) is 17.0. The monoisotopic (exact) mass is 788 g/mol. The number of rotatable bonds is 20. The van der Waals surface area contributed by atoms with Crippen LogP contribution in [0.1, 0.15) is 26.7 Å².